The Kier molecular flexibility index (Phi) is 2.37. The summed E-state index contributed by atoms with van der Waals surface area (Å²) in [5, 5.41) is 13.7. The number of ether oxygens (including phenoxy) is 1. The van der Waals surface area contributed by atoms with Gasteiger partial charge in [0.1, 0.15) is 11.5 Å². The van der Waals surface area contributed by atoms with Crippen LogP contribution in [-0.2, 0) is 0 Å². The van der Waals surface area contributed by atoms with E-state index in [9.17, 15) is 5.11 Å². The van der Waals surface area contributed by atoms with Gasteiger partial charge in [-0.15, -0.1) is 5.10 Å². The molecule has 0 saturated heterocycles. The van der Waals surface area contributed by atoms with Crippen LogP contribution in [-0.4, -0.2) is 26.8 Å². The SMILES string of the molecule is COc1ccc(-c2nc3ccc(O)cn3n2)cc1. The Morgan fingerprint density at radius 3 is 2.61 bits per heavy atom. The topological polar surface area (TPSA) is 59.7 Å². The molecule has 2 heterocycles. The van der Waals surface area contributed by atoms with Gasteiger partial charge in [0.05, 0.1) is 13.3 Å². The molecule has 18 heavy (non-hydrogen) atoms. The summed E-state index contributed by atoms with van der Waals surface area (Å²) in [6.45, 7) is 0. The first kappa shape index (κ1) is 10.6. The molecule has 0 aliphatic rings. The van der Waals surface area contributed by atoms with Gasteiger partial charge in [0.15, 0.2) is 11.5 Å². The standard InChI is InChI=1S/C13H11N3O2/c1-18-11-5-2-9(3-6-11)13-14-12-7-4-10(17)8-16(12)15-13/h2-8,17H,1H3. The lowest BCUT2D eigenvalue weighted by Crippen LogP contribution is -1.86. The predicted octanol–water partition coefficient (Wildman–Crippen LogP) is 2.11. The summed E-state index contributed by atoms with van der Waals surface area (Å²) in [6.07, 6.45) is 1.52. The van der Waals surface area contributed by atoms with Gasteiger partial charge in [-0.05, 0) is 36.4 Å². The minimum absolute atomic E-state index is 0.161. The van der Waals surface area contributed by atoms with E-state index in [1.165, 1.54) is 6.20 Å². The van der Waals surface area contributed by atoms with Gasteiger partial charge in [0.2, 0.25) is 0 Å². The van der Waals surface area contributed by atoms with E-state index in [-0.39, 0.29) is 5.75 Å². The van der Waals surface area contributed by atoms with E-state index < -0.39 is 0 Å². The van der Waals surface area contributed by atoms with Crippen molar-refractivity contribution in [2.24, 2.45) is 0 Å². The lowest BCUT2D eigenvalue weighted by atomic mass is 10.2. The number of pyridine rings is 1. The second kappa shape index (κ2) is 4.03. The summed E-state index contributed by atoms with van der Waals surface area (Å²) in [4.78, 5) is 4.38. The molecule has 0 aliphatic carbocycles. The quantitative estimate of drug-likeness (QED) is 0.746. The predicted molar refractivity (Wildman–Crippen MR) is 66.6 cm³/mol. The highest BCUT2D eigenvalue weighted by molar-refractivity contribution is 5.59. The first-order valence-corrected chi connectivity index (χ1v) is 5.46. The van der Waals surface area contributed by atoms with Crippen LogP contribution in [0.5, 0.6) is 11.5 Å². The maximum Gasteiger partial charge on any atom is 0.182 e. The van der Waals surface area contributed by atoms with Crippen molar-refractivity contribution in [3.05, 3.63) is 42.6 Å². The van der Waals surface area contributed by atoms with E-state index in [2.05, 4.69) is 10.1 Å². The van der Waals surface area contributed by atoms with Crippen molar-refractivity contribution in [3.63, 3.8) is 0 Å². The molecule has 0 saturated carbocycles. The van der Waals surface area contributed by atoms with Crippen LogP contribution in [0.2, 0.25) is 0 Å². The van der Waals surface area contributed by atoms with Crippen LogP contribution >= 0.6 is 0 Å². The summed E-state index contributed by atoms with van der Waals surface area (Å²) >= 11 is 0. The third-order valence-corrected chi connectivity index (χ3v) is 2.66. The highest BCUT2D eigenvalue weighted by atomic mass is 16.5. The molecule has 0 spiro atoms. The van der Waals surface area contributed by atoms with Crippen LogP contribution in [0.4, 0.5) is 0 Å². The maximum atomic E-state index is 9.37. The van der Waals surface area contributed by atoms with Gasteiger partial charge in [0, 0.05) is 5.56 Å². The fourth-order valence-electron chi connectivity index (χ4n) is 1.73. The molecular weight excluding hydrogens is 230 g/mol. The van der Waals surface area contributed by atoms with E-state index in [0.29, 0.717) is 11.5 Å². The fraction of sp³-hybridized carbons (Fsp3) is 0.0769. The van der Waals surface area contributed by atoms with Gasteiger partial charge < -0.3 is 9.84 Å². The Labute approximate surface area is 103 Å². The first-order chi connectivity index (χ1) is 8.76. The molecule has 0 amide bonds. The lowest BCUT2D eigenvalue weighted by Gasteiger charge is -1.99. The van der Waals surface area contributed by atoms with Gasteiger partial charge in [-0.3, -0.25) is 0 Å². The van der Waals surface area contributed by atoms with Crippen molar-refractivity contribution in [2.45, 2.75) is 0 Å². The molecule has 0 atom stereocenters. The Balaban J connectivity index is 2.07. The molecule has 3 aromatic rings. The van der Waals surface area contributed by atoms with Gasteiger partial charge in [-0.1, -0.05) is 0 Å². The van der Waals surface area contributed by atoms with Crippen molar-refractivity contribution >= 4 is 5.65 Å². The molecule has 1 aromatic carbocycles. The third kappa shape index (κ3) is 1.75. The molecule has 0 radical (unpaired) electrons. The smallest absolute Gasteiger partial charge is 0.182 e. The summed E-state index contributed by atoms with van der Waals surface area (Å²) in [6, 6.07) is 10.8. The van der Waals surface area contributed by atoms with Crippen molar-refractivity contribution in [1.82, 2.24) is 14.6 Å². The zero-order valence-corrected chi connectivity index (χ0v) is 9.74. The molecule has 3 rings (SSSR count). The number of aromatic hydroxyl groups is 1. The van der Waals surface area contributed by atoms with E-state index in [1.807, 2.05) is 24.3 Å². The number of hydrogen-bond donors (Lipinski definition) is 1. The van der Waals surface area contributed by atoms with E-state index in [0.717, 1.165) is 11.3 Å². The fourth-order valence-corrected chi connectivity index (χ4v) is 1.73. The van der Waals surface area contributed by atoms with Crippen molar-refractivity contribution in [2.75, 3.05) is 7.11 Å². The summed E-state index contributed by atoms with van der Waals surface area (Å²) < 4.78 is 6.65. The van der Waals surface area contributed by atoms with Crippen LogP contribution in [0.3, 0.4) is 0 Å². The van der Waals surface area contributed by atoms with E-state index in [1.54, 1.807) is 23.8 Å². The molecule has 5 nitrogen and oxygen atoms in total. The maximum absolute atomic E-state index is 9.37. The van der Waals surface area contributed by atoms with Crippen LogP contribution in [0.15, 0.2) is 42.6 Å². The molecule has 5 heteroatoms. The van der Waals surface area contributed by atoms with Crippen molar-refractivity contribution in [1.29, 1.82) is 0 Å². The zero-order chi connectivity index (χ0) is 12.5. The van der Waals surface area contributed by atoms with Crippen molar-refractivity contribution < 1.29 is 9.84 Å². The van der Waals surface area contributed by atoms with Gasteiger partial charge in [-0.2, -0.15) is 0 Å². The molecule has 90 valence electrons. The molecule has 0 bridgehead atoms. The summed E-state index contributed by atoms with van der Waals surface area (Å²) in [7, 11) is 1.63. The van der Waals surface area contributed by atoms with E-state index in [4.69, 9.17) is 4.74 Å². The second-order valence-corrected chi connectivity index (χ2v) is 3.85. The summed E-state index contributed by atoms with van der Waals surface area (Å²) in [5.41, 5.74) is 1.60. The Morgan fingerprint density at radius 1 is 1.11 bits per heavy atom. The molecule has 2 aromatic heterocycles. The van der Waals surface area contributed by atoms with Crippen LogP contribution < -0.4 is 4.74 Å². The van der Waals surface area contributed by atoms with Crippen LogP contribution in [0.1, 0.15) is 0 Å². The lowest BCUT2D eigenvalue weighted by molar-refractivity contribution is 0.415. The normalized spacial score (nSPS) is 10.7. The largest absolute Gasteiger partial charge is 0.506 e. The number of rotatable bonds is 2. The van der Waals surface area contributed by atoms with Crippen molar-refractivity contribution in [3.8, 4) is 22.9 Å². The Morgan fingerprint density at radius 2 is 1.89 bits per heavy atom. The zero-order valence-electron chi connectivity index (χ0n) is 9.74. The van der Waals surface area contributed by atoms with Crippen LogP contribution in [0.25, 0.3) is 17.0 Å². The van der Waals surface area contributed by atoms with Gasteiger partial charge in [0.25, 0.3) is 0 Å². The third-order valence-electron chi connectivity index (χ3n) is 2.66. The number of methoxy groups -OCH3 is 1. The Hall–Kier alpha value is -2.56. The minimum atomic E-state index is 0.161. The highest BCUT2D eigenvalue weighted by Crippen LogP contribution is 2.20. The minimum Gasteiger partial charge on any atom is -0.506 e. The van der Waals surface area contributed by atoms with Crippen LogP contribution in [0, 0.1) is 0 Å². The molecule has 0 unspecified atom stereocenters. The number of fused-ring (bicyclic) bond motifs is 1. The first-order valence-electron chi connectivity index (χ1n) is 5.46. The average Bonchev–Trinajstić information content (AvgIpc) is 2.81. The average molecular weight is 241 g/mol. The number of nitrogens with zero attached hydrogens (tertiary/aromatic N) is 3. The number of aromatic nitrogens is 3. The second-order valence-electron chi connectivity index (χ2n) is 3.85. The highest BCUT2D eigenvalue weighted by Gasteiger charge is 2.06. The monoisotopic (exact) mass is 241 g/mol. The summed E-state index contributed by atoms with van der Waals surface area (Å²) in [5.74, 6) is 1.57. The number of benzene rings is 1. The molecular formula is C13H11N3O2. The van der Waals surface area contributed by atoms with Gasteiger partial charge >= 0.3 is 0 Å². The van der Waals surface area contributed by atoms with E-state index >= 15 is 0 Å². The Bertz CT molecular complexity index is 689. The number of hydrogen-bond acceptors (Lipinski definition) is 4. The molecule has 0 fully saturated rings. The molecule has 1 N–H and O–H groups in total. The van der Waals surface area contributed by atoms with Gasteiger partial charge in [-0.25, -0.2) is 9.50 Å². The molecule has 0 aliphatic heterocycles.